The van der Waals surface area contributed by atoms with Gasteiger partial charge in [0.2, 0.25) is 0 Å². The van der Waals surface area contributed by atoms with Crippen molar-refractivity contribution in [1.82, 2.24) is 15.0 Å². The number of hydrogen-bond acceptors (Lipinski definition) is 5. The van der Waals surface area contributed by atoms with Crippen molar-refractivity contribution in [2.75, 3.05) is 5.75 Å². The molecule has 1 N–H and O–H groups in total. The molecule has 6 nitrogen and oxygen atoms in total. The van der Waals surface area contributed by atoms with Gasteiger partial charge in [-0.15, -0.1) is 0 Å². The van der Waals surface area contributed by atoms with Gasteiger partial charge in [-0.3, -0.25) is 14.2 Å². The summed E-state index contributed by atoms with van der Waals surface area (Å²) >= 11 is 7.09. The first-order chi connectivity index (χ1) is 15.5. The van der Waals surface area contributed by atoms with Crippen molar-refractivity contribution in [3.63, 3.8) is 0 Å². The first-order valence-electron chi connectivity index (χ1n) is 9.49. The van der Waals surface area contributed by atoms with Crippen LogP contribution >= 0.6 is 23.4 Å². The third kappa shape index (κ3) is 5.04. The molecule has 0 aliphatic carbocycles. The summed E-state index contributed by atoms with van der Waals surface area (Å²) in [7, 11) is 0. The Kier molecular flexibility index (Phi) is 6.63. The number of thioether (sulfide) groups is 1. The highest BCUT2D eigenvalue weighted by Crippen LogP contribution is 2.22. The molecule has 0 spiro atoms. The number of fused-ring (bicyclic) bond motifs is 1. The van der Waals surface area contributed by atoms with E-state index in [1.807, 2.05) is 0 Å². The second-order valence-corrected chi connectivity index (χ2v) is 8.04. The fourth-order valence-corrected chi connectivity index (χ4v) is 3.89. The lowest BCUT2D eigenvalue weighted by atomic mass is 10.2. The number of hydrogen-bond donors (Lipinski definition) is 1. The second-order valence-electron chi connectivity index (χ2n) is 6.67. The SMILES string of the molecule is O=C(CSc1nc2ccccc2c(=O)n1-c1ccc(Cl)cc1)N/N=C/c1cccc(F)c1. The van der Waals surface area contributed by atoms with Gasteiger partial charge in [0.05, 0.1) is 28.6 Å². The standard InChI is InChI=1S/C23H16ClFN4O2S/c24-16-8-10-18(11-9-16)29-22(31)19-6-1-2-7-20(19)27-23(29)32-14-21(30)28-26-13-15-4-3-5-17(25)12-15/h1-13H,14H2,(H,28,30)/b26-13+. The lowest BCUT2D eigenvalue weighted by Gasteiger charge is -2.13. The van der Waals surface area contributed by atoms with Crippen LogP contribution in [0.3, 0.4) is 0 Å². The Morgan fingerprint density at radius 2 is 1.91 bits per heavy atom. The number of aromatic nitrogens is 2. The van der Waals surface area contributed by atoms with Gasteiger partial charge in [-0.2, -0.15) is 5.10 Å². The van der Waals surface area contributed by atoms with Crippen molar-refractivity contribution >= 4 is 46.4 Å². The number of nitrogens with zero attached hydrogens (tertiary/aromatic N) is 3. The van der Waals surface area contributed by atoms with Crippen LogP contribution in [0.25, 0.3) is 16.6 Å². The average molecular weight is 467 g/mol. The number of carbonyl (C=O) groups excluding carboxylic acids is 1. The van der Waals surface area contributed by atoms with Crippen LogP contribution in [-0.4, -0.2) is 27.4 Å². The van der Waals surface area contributed by atoms with Gasteiger partial charge in [0.15, 0.2) is 5.16 Å². The topological polar surface area (TPSA) is 76.3 Å². The third-order valence-electron chi connectivity index (χ3n) is 4.41. The van der Waals surface area contributed by atoms with Gasteiger partial charge in [-0.25, -0.2) is 14.8 Å². The molecule has 0 saturated heterocycles. The van der Waals surface area contributed by atoms with E-state index < -0.39 is 11.7 Å². The molecule has 0 unspecified atom stereocenters. The summed E-state index contributed by atoms with van der Waals surface area (Å²) in [5.41, 5.74) is 3.79. The van der Waals surface area contributed by atoms with Crippen LogP contribution in [0.15, 0.2) is 87.8 Å². The van der Waals surface area contributed by atoms with Crippen LogP contribution in [-0.2, 0) is 4.79 Å². The van der Waals surface area contributed by atoms with E-state index >= 15 is 0 Å². The van der Waals surface area contributed by atoms with Gasteiger partial charge in [0, 0.05) is 5.02 Å². The Hall–Kier alpha value is -3.49. The minimum Gasteiger partial charge on any atom is -0.272 e. The molecule has 4 aromatic rings. The Bertz CT molecular complexity index is 1370. The van der Waals surface area contributed by atoms with Gasteiger partial charge >= 0.3 is 0 Å². The Balaban J connectivity index is 1.56. The molecule has 1 amide bonds. The second kappa shape index (κ2) is 9.76. The predicted molar refractivity (Wildman–Crippen MR) is 125 cm³/mol. The number of hydrazone groups is 1. The van der Waals surface area contributed by atoms with Crippen molar-refractivity contribution in [2.45, 2.75) is 5.16 Å². The Morgan fingerprint density at radius 3 is 2.69 bits per heavy atom. The fraction of sp³-hybridized carbons (Fsp3) is 0.0435. The zero-order chi connectivity index (χ0) is 22.5. The minimum atomic E-state index is -0.396. The van der Waals surface area contributed by atoms with E-state index in [0.717, 1.165) is 11.8 Å². The summed E-state index contributed by atoms with van der Waals surface area (Å²) in [5, 5.41) is 5.22. The maximum Gasteiger partial charge on any atom is 0.266 e. The monoisotopic (exact) mass is 466 g/mol. The molecule has 32 heavy (non-hydrogen) atoms. The predicted octanol–water partition coefficient (Wildman–Crippen LogP) is 4.42. The van der Waals surface area contributed by atoms with Crippen LogP contribution < -0.4 is 11.0 Å². The van der Waals surface area contributed by atoms with E-state index in [9.17, 15) is 14.0 Å². The number of halogens is 2. The molecule has 0 bridgehead atoms. The maximum absolute atomic E-state index is 13.2. The van der Waals surface area contributed by atoms with Crippen LogP contribution in [0.2, 0.25) is 5.02 Å². The zero-order valence-electron chi connectivity index (χ0n) is 16.5. The number of para-hydroxylation sites is 1. The molecule has 0 aliphatic heterocycles. The molecule has 0 atom stereocenters. The van der Waals surface area contributed by atoms with Gasteiger partial charge in [-0.1, -0.05) is 47.6 Å². The highest BCUT2D eigenvalue weighted by Gasteiger charge is 2.14. The van der Waals surface area contributed by atoms with E-state index in [4.69, 9.17) is 11.6 Å². The summed E-state index contributed by atoms with van der Waals surface area (Å²) in [4.78, 5) is 30.0. The molecule has 0 saturated carbocycles. The van der Waals surface area contributed by atoms with E-state index in [1.165, 1.54) is 22.9 Å². The molecule has 1 heterocycles. The summed E-state index contributed by atoms with van der Waals surface area (Å²) in [5.74, 6) is -0.815. The molecule has 4 rings (SSSR count). The minimum absolute atomic E-state index is 0.0289. The highest BCUT2D eigenvalue weighted by atomic mass is 35.5. The van der Waals surface area contributed by atoms with Crippen LogP contribution in [0.4, 0.5) is 4.39 Å². The van der Waals surface area contributed by atoms with Gasteiger partial charge in [0.1, 0.15) is 5.82 Å². The average Bonchev–Trinajstić information content (AvgIpc) is 2.79. The Labute approximate surface area is 191 Å². The normalized spacial score (nSPS) is 11.2. The third-order valence-corrected chi connectivity index (χ3v) is 5.60. The lowest BCUT2D eigenvalue weighted by Crippen LogP contribution is -2.24. The van der Waals surface area contributed by atoms with Crippen LogP contribution in [0, 0.1) is 5.82 Å². The molecule has 1 aromatic heterocycles. The van der Waals surface area contributed by atoms with Crippen molar-refractivity contribution in [3.05, 3.63) is 99.6 Å². The van der Waals surface area contributed by atoms with Crippen molar-refractivity contribution in [3.8, 4) is 5.69 Å². The highest BCUT2D eigenvalue weighted by molar-refractivity contribution is 7.99. The lowest BCUT2D eigenvalue weighted by molar-refractivity contribution is -0.118. The number of amides is 1. The smallest absolute Gasteiger partial charge is 0.266 e. The summed E-state index contributed by atoms with van der Waals surface area (Å²) in [6.07, 6.45) is 1.35. The number of rotatable bonds is 6. The number of nitrogens with one attached hydrogen (secondary N) is 1. The van der Waals surface area contributed by atoms with E-state index in [0.29, 0.717) is 32.3 Å². The van der Waals surface area contributed by atoms with Crippen LogP contribution in [0.1, 0.15) is 5.56 Å². The van der Waals surface area contributed by atoms with Crippen LogP contribution in [0.5, 0.6) is 0 Å². The molecule has 3 aromatic carbocycles. The molecule has 0 aliphatic rings. The molecular weight excluding hydrogens is 451 g/mol. The first kappa shape index (κ1) is 21.7. The summed E-state index contributed by atoms with van der Waals surface area (Å²) in [6, 6.07) is 19.7. The summed E-state index contributed by atoms with van der Waals surface area (Å²) < 4.78 is 14.7. The van der Waals surface area contributed by atoms with Crippen molar-refractivity contribution in [1.29, 1.82) is 0 Å². The molecule has 9 heteroatoms. The fourth-order valence-electron chi connectivity index (χ4n) is 2.96. The molecule has 160 valence electrons. The van der Waals surface area contributed by atoms with E-state index in [2.05, 4.69) is 15.5 Å². The molecule has 0 fully saturated rings. The van der Waals surface area contributed by atoms with E-state index in [-0.39, 0.29) is 11.3 Å². The zero-order valence-corrected chi connectivity index (χ0v) is 18.1. The maximum atomic E-state index is 13.2. The molecule has 0 radical (unpaired) electrons. The van der Waals surface area contributed by atoms with Crippen molar-refractivity contribution in [2.24, 2.45) is 5.10 Å². The number of benzene rings is 3. The first-order valence-corrected chi connectivity index (χ1v) is 10.9. The number of carbonyl (C=O) groups is 1. The Morgan fingerprint density at radius 1 is 1.12 bits per heavy atom. The van der Waals surface area contributed by atoms with Gasteiger partial charge < -0.3 is 0 Å². The van der Waals surface area contributed by atoms with E-state index in [1.54, 1.807) is 60.7 Å². The van der Waals surface area contributed by atoms with Crippen molar-refractivity contribution < 1.29 is 9.18 Å². The quantitative estimate of drug-likeness (QED) is 0.197. The van der Waals surface area contributed by atoms with Gasteiger partial charge in [0.25, 0.3) is 11.5 Å². The summed E-state index contributed by atoms with van der Waals surface area (Å²) in [6.45, 7) is 0. The largest absolute Gasteiger partial charge is 0.272 e. The molecular formula is C23H16ClFN4O2S. The van der Waals surface area contributed by atoms with Gasteiger partial charge in [-0.05, 0) is 54.1 Å².